The molecule has 1 aromatic carbocycles. The molecule has 76 valence electrons. The van der Waals surface area contributed by atoms with Crippen molar-refractivity contribution in [3.63, 3.8) is 0 Å². The maximum atomic E-state index is 4.57. The lowest BCUT2D eigenvalue weighted by atomic mass is 10.1. The summed E-state index contributed by atoms with van der Waals surface area (Å²) in [5, 5.41) is 0.0410. The lowest BCUT2D eigenvalue weighted by Crippen LogP contribution is -1.95. The van der Waals surface area contributed by atoms with Crippen molar-refractivity contribution in [3.8, 4) is 0 Å². The molecule has 0 aliphatic heterocycles. The van der Waals surface area contributed by atoms with Crippen molar-refractivity contribution < 1.29 is 0 Å². The number of benzene rings is 1. The van der Waals surface area contributed by atoms with Crippen LogP contribution in [-0.4, -0.2) is 4.98 Å². The average molecular weight is 280 g/mol. The highest BCUT2D eigenvalue weighted by Gasteiger charge is 2.09. The van der Waals surface area contributed by atoms with Crippen molar-refractivity contribution in [2.75, 3.05) is 0 Å². The van der Waals surface area contributed by atoms with Crippen molar-refractivity contribution in [2.24, 2.45) is 0 Å². The van der Waals surface area contributed by atoms with E-state index in [4.69, 9.17) is 0 Å². The summed E-state index contributed by atoms with van der Waals surface area (Å²) in [7, 11) is 0. The summed E-state index contributed by atoms with van der Waals surface area (Å²) in [6.45, 7) is 0. The maximum Gasteiger partial charge on any atom is 0.0689 e. The van der Waals surface area contributed by atoms with Crippen LogP contribution in [0.1, 0.15) is 16.5 Å². The van der Waals surface area contributed by atoms with E-state index in [1.54, 1.807) is 6.20 Å². The smallest absolute Gasteiger partial charge is 0.0689 e. The Hall–Kier alpha value is -0.800. The number of thiol groups is 1. The van der Waals surface area contributed by atoms with E-state index in [0.29, 0.717) is 0 Å². The zero-order valence-corrected chi connectivity index (χ0v) is 10.4. The average Bonchev–Trinajstić information content (AvgIpc) is 2.30. The molecule has 0 saturated heterocycles. The Balaban J connectivity index is 2.29. The third-order valence-electron chi connectivity index (χ3n) is 2.15. The molecule has 2 rings (SSSR count). The second-order valence-electron chi connectivity index (χ2n) is 3.21. The molecule has 15 heavy (non-hydrogen) atoms. The lowest BCUT2D eigenvalue weighted by Gasteiger charge is -2.10. The van der Waals surface area contributed by atoms with Crippen LogP contribution in [0.4, 0.5) is 0 Å². The van der Waals surface area contributed by atoms with Crippen molar-refractivity contribution in [1.29, 1.82) is 0 Å². The Morgan fingerprint density at radius 2 is 1.80 bits per heavy atom. The van der Waals surface area contributed by atoms with Crippen LogP contribution in [0, 0.1) is 0 Å². The Morgan fingerprint density at radius 1 is 1.07 bits per heavy atom. The molecule has 2 aromatic rings. The largest absolute Gasteiger partial charge is 0.260 e. The predicted molar refractivity (Wildman–Crippen MR) is 69.2 cm³/mol. The second kappa shape index (κ2) is 4.81. The minimum Gasteiger partial charge on any atom is -0.260 e. The van der Waals surface area contributed by atoms with Gasteiger partial charge in [0.05, 0.1) is 10.9 Å². The van der Waals surface area contributed by atoms with Gasteiger partial charge in [-0.15, -0.1) is 0 Å². The normalized spacial score (nSPS) is 12.4. The van der Waals surface area contributed by atoms with E-state index in [-0.39, 0.29) is 5.25 Å². The summed E-state index contributed by atoms with van der Waals surface area (Å²) in [6, 6.07) is 14.0. The Kier molecular flexibility index (Phi) is 3.44. The van der Waals surface area contributed by atoms with Gasteiger partial charge in [0.15, 0.2) is 0 Å². The molecule has 1 unspecified atom stereocenters. The zero-order chi connectivity index (χ0) is 10.7. The first kappa shape index (κ1) is 10.7. The number of halogens is 1. The summed E-state index contributed by atoms with van der Waals surface area (Å²) in [6.07, 6.45) is 1.79. The van der Waals surface area contributed by atoms with Gasteiger partial charge in [-0.05, 0) is 29.8 Å². The quantitative estimate of drug-likeness (QED) is 0.824. The molecule has 0 fully saturated rings. The van der Waals surface area contributed by atoms with Gasteiger partial charge in [0, 0.05) is 10.7 Å². The van der Waals surface area contributed by atoms with Crippen LogP contribution in [0.15, 0.2) is 53.1 Å². The highest BCUT2D eigenvalue weighted by Crippen LogP contribution is 2.27. The van der Waals surface area contributed by atoms with E-state index in [0.717, 1.165) is 15.7 Å². The Labute approximate surface area is 103 Å². The lowest BCUT2D eigenvalue weighted by molar-refractivity contribution is 1.06. The third kappa shape index (κ3) is 2.61. The van der Waals surface area contributed by atoms with Gasteiger partial charge in [0.1, 0.15) is 0 Å². The summed E-state index contributed by atoms with van der Waals surface area (Å²) >= 11 is 7.98. The van der Waals surface area contributed by atoms with Gasteiger partial charge in [-0.3, -0.25) is 4.98 Å². The zero-order valence-electron chi connectivity index (χ0n) is 7.97. The molecule has 0 bridgehead atoms. The van der Waals surface area contributed by atoms with Crippen molar-refractivity contribution in [3.05, 3.63) is 64.4 Å². The molecule has 1 atom stereocenters. The van der Waals surface area contributed by atoms with E-state index in [2.05, 4.69) is 45.7 Å². The molecule has 0 N–H and O–H groups in total. The van der Waals surface area contributed by atoms with E-state index in [1.807, 2.05) is 30.3 Å². The molecule has 0 amide bonds. The van der Waals surface area contributed by atoms with Crippen LogP contribution in [0.25, 0.3) is 0 Å². The molecule has 0 aliphatic carbocycles. The second-order valence-corrected chi connectivity index (χ2v) is 4.64. The van der Waals surface area contributed by atoms with Gasteiger partial charge in [-0.25, -0.2) is 0 Å². The molecule has 0 saturated carbocycles. The molecule has 1 heterocycles. The molecule has 1 aromatic heterocycles. The monoisotopic (exact) mass is 279 g/mol. The first-order chi connectivity index (χ1) is 7.27. The minimum atomic E-state index is 0.0410. The van der Waals surface area contributed by atoms with Gasteiger partial charge in [0.2, 0.25) is 0 Å². The molecule has 3 heteroatoms. The van der Waals surface area contributed by atoms with E-state index in [1.165, 1.54) is 0 Å². The van der Waals surface area contributed by atoms with Crippen LogP contribution in [-0.2, 0) is 0 Å². The predicted octanol–water partition coefficient (Wildman–Crippen LogP) is 3.86. The van der Waals surface area contributed by atoms with Crippen molar-refractivity contribution in [1.82, 2.24) is 4.98 Å². The number of aromatic nitrogens is 1. The highest BCUT2D eigenvalue weighted by atomic mass is 79.9. The fourth-order valence-electron chi connectivity index (χ4n) is 1.35. The van der Waals surface area contributed by atoms with Gasteiger partial charge >= 0.3 is 0 Å². The van der Waals surface area contributed by atoms with Gasteiger partial charge in [0.25, 0.3) is 0 Å². The maximum absolute atomic E-state index is 4.57. The van der Waals surface area contributed by atoms with Gasteiger partial charge in [-0.1, -0.05) is 34.1 Å². The summed E-state index contributed by atoms with van der Waals surface area (Å²) < 4.78 is 1.08. The van der Waals surface area contributed by atoms with Gasteiger partial charge < -0.3 is 0 Å². The standard InChI is InChI=1S/C12H10BrNS/c13-10-6-4-9(5-7-10)12(15)11-3-1-2-8-14-11/h1-8,12,15H. The topological polar surface area (TPSA) is 12.9 Å². The van der Waals surface area contributed by atoms with Crippen LogP contribution in [0.2, 0.25) is 0 Å². The molecule has 0 radical (unpaired) electrons. The number of hydrogen-bond donors (Lipinski definition) is 1. The fourth-order valence-corrected chi connectivity index (χ4v) is 1.94. The Bertz CT molecular complexity index is 427. The van der Waals surface area contributed by atoms with Crippen molar-refractivity contribution in [2.45, 2.75) is 5.25 Å². The van der Waals surface area contributed by atoms with E-state index < -0.39 is 0 Å². The first-order valence-electron chi connectivity index (χ1n) is 4.62. The summed E-state index contributed by atoms with van der Waals surface area (Å²) in [4.78, 5) is 4.29. The van der Waals surface area contributed by atoms with Crippen LogP contribution < -0.4 is 0 Å². The summed E-state index contributed by atoms with van der Waals surface area (Å²) in [5.41, 5.74) is 2.13. The highest BCUT2D eigenvalue weighted by molar-refractivity contribution is 9.10. The van der Waals surface area contributed by atoms with Crippen molar-refractivity contribution >= 4 is 28.6 Å². The Morgan fingerprint density at radius 3 is 2.40 bits per heavy atom. The molecule has 1 nitrogen and oxygen atoms in total. The number of hydrogen-bond acceptors (Lipinski definition) is 2. The number of pyridine rings is 1. The molecular weight excluding hydrogens is 270 g/mol. The fraction of sp³-hybridized carbons (Fsp3) is 0.0833. The molecule has 0 aliphatic rings. The van der Waals surface area contributed by atoms with Gasteiger partial charge in [-0.2, -0.15) is 12.6 Å². The third-order valence-corrected chi connectivity index (χ3v) is 3.25. The summed E-state index contributed by atoms with van der Waals surface area (Å²) in [5.74, 6) is 0. The van der Waals surface area contributed by atoms with Crippen LogP contribution in [0.3, 0.4) is 0 Å². The molecule has 0 spiro atoms. The number of rotatable bonds is 2. The van der Waals surface area contributed by atoms with Crippen LogP contribution in [0.5, 0.6) is 0 Å². The van der Waals surface area contributed by atoms with E-state index in [9.17, 15) is 0 Å². The van der Waals surface area contributed by atoms with Crippen LogP contribution >= 0.6 is 28.6 Å². The molecular formula is C12H10BrNS. The minimum absolute atomic E-state index is 0.0410. The van der Waals surface area contributed by atoms with E-state index >= 15 is 0 Å². The number of nitrogens with zero attached hydrogens (tertiary/aromatic N) is 1. The SMILES string of the molecule is SC(c1ccc(Br)cc1)c1ccccn1. The first-order valence-corrected chi connectivity index (χ1v) is 5.93.